The fourth-order valence-electron chi connectivity index (χ4n) is 4.69. The third-order valence-corrected chi connectivity index (χ3v) is 6.71. The van der Waals surface area contributed by atoms with Crippen LogP contribution in [0.1, 0.15) is 24.0 Å². The van der Waals surface area contributed by atoms with Crippen molar-refractivity contribution >= 4 is 17.8 Å². The number of nitrogens with one attached hydrogen (secondary N) is 1. The minimum atomic E-state index is -1.12. The summed E-state index contributed by atoms with van der Waals surface area (Å²) in [6, 6.07) is 18.9. The summed E-state index contributed by atoms with van der Waals surface area (Å²) in [5.41, 5.74) is 0.646. The Morgan fingerprint density at radius 1 is 0.906 bits per heavy atom. The van der Waals surface area contributed by atoms with Gasteiger partial charge in [-0.2, -0.15) is 0 Å². The molecule has 1 saturated carbocycles. The molecule has 166 valence electrons. The number of hydrogen-bond donors (Lipinski definition) is 1. The first-order valence-corrected chi connectivity index (χ1v) is 11.3. The summed E-state index contributed by atoms with van der Waals surface area (Å²) in [7, 11) is 0. The van der Waals surface area contributed by atoms with Crippen LogP contribution < -0.4 is 5.32 Å². The van der Waals surface area contributed by atoms with Crippen molar-refractivity contribution < 1.29 is 14.4 Å². The number of amides is 4. The monoisotopic (exact) mass is 432 g/mol. The second-order valence-electron chi connectivity index (χ2n) is 8.96. The lowest BCUT2D eigenvalue weighted by molar-refractivity contribution is -0.137. The minimum absolute atomic E-state index is 0.219. The third kappa shape index (κ3) is 3.88. The summed E-state index contributed by atoms with van der Waals surface area (Å²) in [5, 5.41) is 3.02. The van der Waals surface area contributed by atoms with E-state index in [2.05, 4.69) is 10.2 Å². The Morgan fingerprint density at radius 3 is 2.16 bits per heavy atom. The number of carbonyl (C=O) groups excluding carboxylic acids is 3. The smallest absolute Gasteiger partial charge is 0.326 e. The van der Waals surface area contributed by atoms with E-state index in [1.54, 1.807) is 0 Å². The lowest BCUT2D eigenvalue weighted by Gasteiger charge is -2.36. The van der Waals surface area contributed by atoms with Crippen LogP contribution in [-0.4, -0.2) is 65.4 Å². The molecule has 0 bridgehead atoms. The number of urea groups is 1. The van der Waals surface area contributed by atoms with Gasteiger partial charge in [0.05, 0.1) is 6.67 Å². The molecule has 2 aromatic carbocycles. The summed E-state index contributed by atoms with van der Waals surface area (Å²) in [6.07, 6.45) is 2.40. The summed E-state index contributed by atoms with van der Waals surface area (Å²) >= 11 is 0. The Hall–Kier alpha value is -3.19. The molecule has 5 rings (SSSR count). The van der Waals surface area contributed by atoms with E-state index in [0.717, 1.165) is 24.0 Å². The molecule has 0 radical (unpaired) electrons. The van der Waals surface area contributed by atoms with E-state index in [1.807, 2.05) is 65.6 Å². The first-order chi connectivity index (χ1) is 15.6. The van der Waals surface area contributed by atoms with Crippen molar-refractivity contribution in [3.8, 4) is 0 Å². The first kappa shape index (κ1) is 20.7. The standard InChI is InChI=1S/C25H28N4O3/c30-22(20-11-12-20)28-15-13-27(14-16-28)18-29-23(31)25(26-24(29)32,21-9-5-2-6-10-21)17-19-7-3-1-4-8-19/h1-10,20H,11-18H2,(H,26,32)/t25-/m0/s1. The number of nitrogens with zero attached hydrogens (tertiary/aromatic N) is 3. The van der Waals surface area contributed by atoms with Crippen LogP contribution in [0.3, 0.4) is 0 Å². The number of rotatable bonds is 6. The van der Waals surface area contributed by atoms with E-state index in [-0.39, 0.29) is 30.4 Å². The molecule has 32 heavy (non-hydrogen) atoms. The van der Waals surface area contributed by atoms with Crippen LogP contribution in [0.2, 0.25) is 0 Å². The largest absolute Gasteiger partial charge is 0.340 e. The molecular weight excluding hydrogens is 404 g/mol. The number of benzene rings is 2. The zero-order valence-corrected chi connectivity index (χ0v) is 18.1. The van der Waals surface area contributed by atoms with Crippen LogP contribution in [0.25, 0.3) is 0 Å². The topological polar surface area (TPSA) is 73.0 Å². The molecule has 2 aliphatic heterocycles. The average molecular weight is 433 g/mol. The molecule has 1 atom stereocenters. The van der Waals surface area contributed by atoms with E-state index in [1.165, 1.54) is 4.90 Å². The summed E-state index contributed by atoms with van der Waals surface area (Å²) in [4.78, 5) is 44.4. The van der Waals surface area contributed by atoms with Gasteiger partial charge in [0.25, 0.3) is 5.91 Å². The highest BCUT2D eigenvalue weighted by Crippen LogP contribution is 2.34. The maximum absolute atomic E-state index is 13.7. The van der Waals surface area contributed by atoms with E-state index in [4.69, 9.17) is 0 Å². The molecule has 2 saturated heterocycles. The van der Waals surface area contributed by atoms with Gasteiger partial charge in [-0.25, -0.2) is 9.69 Å². The minimum Gasteiger partial charge on any atom is -0.340 e. The van der Waals surface area contributed by atoms with Crippen molar-refractivity contribution in [3.05, 3.63) is 71.8 Å². The van der Waals surface area contributed by atoms with Crippen molar-refractivity contribution in [3.63, 3.8) is 0 Å². The fourth-order valence-corrected chi connectivity index (χ4v) is 4.69. The van der Waals surface area contributed by atoms with Gasteiger partial charge in [-0.05, 0) is 24.0 Å². The molecule has 3 fully saturated rings. The maximum atomic E-state index is 13.7. The van der Waals surface area contributed by atoms with Crippen molar-refractivity contribution in [2.75, 3.05) is 32.8 Å². The van der Waals surface area contributed by atoms with E-state index < -0.39 is 5.54 Å². The number of carbonyl (C=O) groups is 3. The SMILES string of the molecule is O=C(C1CC1)N1CCN(CN2C(=O)N[C@@](Cc3ccccc3)(c3ccccc3)C2=O)CC1. The number of piperazine rings is 1. The normalized spacial score (nSPS) is 24.0. The van der Waals surface area contributed by atoms with E-state index in [0.29, 0.717) is 32.6 Å². The van der Waals surface area contributed by atoms with Crippen LogP contribution in [0.5, 0.6) is 0 Å². The Bertz CT molecular complexity index is 1000. The molecule has 2 aromatic rings. The predicted octanol–water partition coefficient (Wildman–Crippen LogP) is 2.19. The van der Waals surface area contributed by atoms with Gasteiger partial charge in [-0.1, -0.05) is 60.7 Å². The Balaban J connectivity index is 1.33. The quantitative estimate of drug-likeness (QED) is 0.711. The van der Waals surface area contributed by atoms with Crippen LogP contribution >= 0.6 is 0 Å². The molecule has 7 heteroatoms. The van der Waals surface area contributed by atoms with E-state index in [9.17, 15) is 14.4 Å². The zero-order chi connectivity index (χ0) is 22.1. The van der Waals surface area contributed by atoms with Gasteiger partial charge in [0.2, 0.25) is 5.91 Å². The Labute approximate surface area is 188 Å². The highest BCUT2D eigenvalue weighted by molar-refractivity contribution is 6.07. The summed E-state index contributed by atoms with van der Waals surface area (Å²) < 4.78 is 0. The molecule has 2 heterocycles. The Kier molecular flexibility index (Phi) is 5.43. The second kappa shape index (κ2) is 8.39. The van der Waals surface area contributed by atoms with Gasteiger partial charge in [0.15, 0.2) is 5.54 Å². The van der Waals surface area contributed by atoms with Gasteiger partial charge in [-0.3, -0.25) is 14.5 Å². The van der Waals surface area contributed by atoms with Crippen LogP contribution in [0.4, 0.5) is 4.79 Å². The molecule has 1 aliphatic carbocycles. The highest BCUT2D eigenvalue weighted by Gasteiger charge is 2.52. The molecule has 0 unspecified atom stereocenters. The summed E-state index contributed by atoms with van der Waals surface area (Å²) in [6.45, 7) is 2.85. The zero-order valence-electron chi connectivity index (χ0n) is 18.1. The highest BCUT2D eigenvalue weighted by atomic mass is 16.2. The lowest BCUT2D eigenvalue weighted by atomic mass is 9.83. The van der Waals surface area contributed by atoms with Gasteiger partial charge in [0.1, 0.15) is 0 Å². The maximum Gasteiger partial charge on any atom is 0.326 e. The van der Waals surface area contributed by atoms with Gasteiger partial charge in [-0.15, -0.1) is 0 Å². The van der Waals surface area contributed by atoms with Gasteiger partial charge >= 0.3 is 6.03 Å². The molecule has 7 nitrogen and oxygen atoms in total. The lowest BCUT2D eigenvalue weighted by Crippen LogP contribution is -2.53. The molecule has 0 spiro atoms. The number of hydrogen-bond acceptors (Lipinski definition) is 4. The molecule has 1 N–H and O–H groups in total. The van der Waals surface area contributed by atoms with Gasteiger partial charge in [0, 0.05) is 38.5 Å². The average Bonchev–Trinajstić information content (AvgIpc) is 3.65. The molecule has 0 aromatic heterocycles. The third-order valence-electron chi connectivity index (χ3n) is 6.71. The van der Waals surface area contributed by atoms with Crippen molar-refractivity contribution in [1.29, 1.82) is 0 Å². The predicted molar refractivity (Wildman–Crippen MR) is 119 cm³/mol. The first-order valence-electron chi connectivity index (χ1n) is 11.3. The molecule has 4 amide bonds. The van der Waals surface area contributed by atoms with Crippen LogP contribution in [0, 0.1) is 5.92 Å². The van der Waals surface area contributed by atoms with Crippen LogP contribution in [0.15, 0.2) is 60.7 Å². The van der Waals surface area contributed by atoms with Gasteiger partial charge < -0.3 is 10.2 Å². The number of imide groups is 1. The Morgan fingerprint density at radius 2 is 1.53 bits per heavy atom. The molecular formula is C25H28N4O3. The second-order valence-corrected chi connectivity index (χ2v) is 8.96. The summed E-state index contributed by atoms with van der Waals surface area (Å²) in [5.74, 6) is 0.247. The fraction of sp³-hybridized carbons (Fsp3) is 0.400. The van der Waals surface area contributed by atoms with Crippen molar-refractivity contribution in [2.45, 2.75) is 24.8 Å². The van der Waals surface area contributed by atoms with Crippen molar-refractivity contribution in [2.24, 2.45) is 5.92 Å². The van der Waals surface area contributed by atoms with E-state index >= 15 is 0 Å². The van der Waals surface area contributed by atoms with Crippen molar-refractivity contribution in [1.82, 2.24) is 20.0 Å². The molecule has 3 aliphatic rings. The van der Waals surface area contributed by atoms with Crippen LogP contribution in [-0.2, 0) is 21.5 Å².